The lowest BCUT2D eigenvalue weighted by Gasteiger charge is -2.40. The molecule has 2 unspecified atom stereocenters. The largest absolute Gasteiger partial charge is 0.487 e. The first-order valence-corrected chi connectivity index (χ1v) is 12.0. The van der Waals surface area contributed by atoms with E-state index in [1.165, 1.54) is 12.3 Å². The van der Waals surface area contributed by atoms with Crippen molar-refractivity contribution in [2.24, 2.45) is 12.5 Å². The number of sulfonamides is 1. The average molecular weight is 478 g/mol. The maximum absolute atomic E-state index is 14.9. The molecule has 0 amide bonds. The van der Waals surface area contributed by atoms with Gasteiger partial charge in [-0.1, -0.05) is 13.8 Å². The van der Waals surface area contributed by atoms with Crippen molar-refractivity contribution in [3.05, 3.63) is 60.3 Å². The molecule has 2 aromatic heterocycles. The van der Waals surface area contributed by atoms with Crippen LogP contribution in [-0.4, -0.2) is 34.3 Å². The smallest absolute Gasteiger partial charge is 0.266 e. The minimum absolute atomic E-state index is 0.0587. The van der Waals surface area contributed by atoms with E-state index in [1.54, 1.807) is 10.9 Å². The molecular weight excluding hydrogens is 452 g/mol. The Balaban J connectivity index is 1.61. The van der Waals surface area contributed by atoms with E-state index in [2.05, 4.69) is 33.6 Å². The maximum atomic E-state index is 14.9. The highest BCUT2D eigenvalue weighted by Gasteiger charge is 2.39. The number of rotatable bonds is 6. The van der Waals surface area contributed by atoms with E-state index in [9.17, 15) is 17.2 Å². The predicted octanol–water partition coefficient (Wildman–Crippen LogP) is 4.03. The lowest BCUT2D eigenvalue weighted by atomic mass is 9.70. The first-order valence-electron chi connectivity index (χ1n) is 10.5. The van der Waals surface area contributed by atoms with Crippen LogP contribution in [-0.2, 0) is 17.1 Å². The number of anilines is 1. The van der Waals surface area contributed by atoms with Gasteiger partial charge in [0.05, 0.1) is 0 Å². The van der Waals surface area contributed by atoms with Crippen molar-refractivity contribution in [1.29, 1.82) is 0 Å². The average Bonchev–Trinajstić information content (AvgIpc) is 3.17. The van der Waals surface area contributed by atoms with Crippen LogP contribution < -0.4 is 9.46 Å². The fraction of sp³-hybridized carbons (Fsp3) is 0.409. The summed E-state index contributed by atoms with van der Waals surface area (Å²) in [5, 5.41) is 4.23. The van der Waals surface area contributed by atoms with E-state index in [1.807, 2.05) is 13.1 Å². The molecule has 0 spiro atoms. The van der Waals surface area contributed by atoms with Gasteiger partial charge in [-0.05, 0) is 36.8 Å². The SMILES string of the molecule is Cn1nccc1C1CC(C)(C)CCC1Oc1cc(F)c(S(=O)(=O)Nc2ccncn2)cc1F. The Bertz CT molecular complexity index is 1250. The first-order chi connectivity index (χ1) is 15.6. The number of nitrogens with one attached hydrogen (secondary N) is 1. The fourth-order valence-corrected chi connectivity index (χ4v) is 5.34. The highest BCUT2D eigenvalue weighted by atomic mass is 32.2. The van der Waals surface area contributed by atoms with Crippen LogP contribution >= 0.6 is 0 Å². The molecule has 33 heavy (non-hydrogen) atoms. The molecule has 11 heteroatoms. The van der Waals surface area contributed by atoms with Crippen LogP contribution in [0.15, 0.2) is 47.9 Å². The fourth-order valence-electron chi connectivity index (χ4n) is 4.26. The summed E-state index contributed by atoms with van der Waals surface area (Å²) in [7, 11) is -2.57. The maximum Gasteiger partial charge on any atom is 0.266 e. The minimum Gasteiger partial charge on any atom is -0.487 e. The molecule has 1 saturated carbocycles. The highest BCUT2D eigenvalue weighted by Crippen LogP contribution is 2.45. The third kappa shape index (κ3) is 4.97. The molecule has 0 radical (unpaired) electrons. The normalized spacial score (nSPS) is 20.4. The Hall–Kier alpha value is -3.08. The zero-order chi connectivity index (χ0) is 23.8. The summed E-state index contributed by atoms with van der Waals surface area (Å²) in [6, 6.07) is 4.60. The second kappa shape index (κ2) is 8.69. The molecule has 0 aliphatic heterocycles. The molecular formula is C22H25F2N5O3S. The number of aromatic nitrogens is 4. The van der Waals surface area contributed by atoms with Crippen molar-refractivity contribution in [3.8, 4) is 5.75 Å². The van der Waals surface area contributed by atoms with E-state index in [0.717, 1.165) is 30.9 Å². The Morgan fingerprint density at radius 1 is 1.18 bits per heavy atom. The molecule has 1 aliphatic carbocycles. The van der Waals surface area contributed by atoms with Gasteiger partial charge in [0, 0.05) is 43.2 Å². The van der Waals surface area contributed by atoms with Crippen LogP contribution in [0.5, 0.6) is 5.75 Å². The number of hydrogen-bond acceptors (Lipinski definition) is 6. The summed E-state index contributed by atoms with van der Waals surface area (Å²) >= 11 is 0. The zero-order valence-electron chi connectivity index (χ0n) is 18.5. The third-order valence-electron chi connectivity index (χ3n) is 5.94. The lowest BCUT2D eigenvalue weighted by molar-refractivity contribution is 0.0682. The monoisotopic (exact) mass is 477 g/mol. The molecule has 1 aliphatic rings. The summed E-state index contributed by atoms with van der Waals surface area (Å²) in [4.78, 5) is 6.59. The van der Waals surface area contributed by atoms with Crippen molar-refractivity contribution in [1.82, 2.24) is 19.7 Å². The van der Waals surface area contributed by atoms with Crippen molar-refractivity contribution < 1.29 is 21.9 Å². The van der Waals surface area contributed by atoms with Crippen molar-refractivity contribution >= 4 is 15.8 Å². The Labute approximate surface area is 191 Å². The standard InChI is InChI=1S/C22H25F2N5O3S/c1-22(2)7-4-18(14(12-22)17-5-9-27-29(17)3)32-19-10-16(24)20(11-15(19)23)33(30,31)28-21-6-8-25-13-26-21/h5-6,8-11,13-14,18H,4,7,12H2,1-3H3,(H,25,26,28). The molecule has 2 atom stereocenters. The molecule has 3 aromatic rings. The van der Waals surface area contributed by atoms with Gasteiger partial charge in [0.25, 0.3) is 10.0 Å². The lowest BCUT2D eigenvalue weighted by Crippen LogP contribution is -2.36. The summed E-state index contributed by atoms with van der Waals surface area (Å²) in [6.45, 7) is 4.33. The Morgan fingerprint density at radius 2 is 1.97 bits per heavy atom. The Morgan fingerprint density at radius 3 is 2.64 bits per heavy atom. The van der Waals surface area contributed by atoms with E-state index >= 15 is 0 Å². The van der Waals surface area contributed by atoms with Crippen molar-refractivity contribution in [2.75, 3.05) is 4.72 Å². The van der Waals surface area contributed by atoms with Gasteiger partial charge in [0.15, 0.2) is 11.6 Å². The number of halogens is 2. The number of benzene rings is 1. The molecule has 0 bridgehead atoms. The van der Waals surface area contributed by atoms with Gasteiger partial charge in [0.1, 0.15) is 29.0 Å². The number of aryl methyl sites for hydroxylation is 1. The highest BCUT2D eigenvalue weighted by molar-refractivity contribution is 7.92. The van der Waals surface area contributed by atoms with Crippen LogP contribution in [0.25, 0.3) is 0 Å². The van der Waals surface area contributed by atoms with Gasteiger partial charge < -0.3 is 4.74 Å². The van der Waals surface area contributed by atoms with E-state index in [0.29, 0.717) is 12.5 Å². The van der Waals surface area contributed by atoms with Gasteiger partial charge in [0.2, 0.25) is 0 Å². The second-order valence-corrected chi connectivity index (χ2v) is 10.6. The van der Waals surface area contributed by atoms with Crippen molar-refractivity contribution in [3.63, 3.8) is 0 Å². The molecule has 8 nitrogen and oxygen atoms in total. The van der Waals surface area contributed by atoms with E-state index < -0.39 is 32.7 Å². The van der Waals surface area contributed by atoms with Crippen LogP contribution in [0.1, 0.15) is 44.7 Å². The van der Waals surface area contributed by atoms with Gasteiger partial charge in [-0.15, -0.1) is 0 Å². The Kier molecular flexibility index (Phi) is 6.08. The second-order valence-electron chi connectivity index (χ2n) is 8.96. The van der Waals surface area contributed by atoms with Crippen molar-refractivity contribution in [2.45, 2.75) is 50.0 Å². The van der Waals surface area contributed by atoms with E-state index in [-0.39, 0.29) is 22.9 Å². The van der Waals surface area contributed by atoms with E-state index in [4.69, 9.17) is 4.74 Å². The summed E-state index contributed by atoms with van der Waals surface area (Å²) in [5.74, 6) is -2.56. The van der Waals surface area contributed by atoms with Gasteiger partial charge in [-0.3, -0.25) is 9.40 Å². The summed E-state index contributed by atoms with van der Waals surface area (Å²) in [6.07, 6.45) is 6.02. The van der Waals surface area contributed by atoms with Crippen LogP contribution in [0.4, 0.5) is 14.6 Å². The number of ether oxygens (including phenoxy) is 1. The summed E-state index contributed by atoms with van der Waals surface area (Å²) in [5.41, 5.74) is 1.00. The molecule has 0 saturated heterocycles. The molecule has 4 rings (SSSR count). The first kappa shape index (κ1) is 23.1. The predicted molar refractivity (Wildman–Crippen MR) is 117 cm³/mol. The van der Waals surface area contributed by atoms with Crippen LogP contribution in [0, 0.1) is 17.0 Å². The van der Waals surface area contributed by atoms with Gasteiger partial charge in [-0.2, -0.15) is 5.10 Å². The molecule has 1 fully saturated rings. The molecule has 176 valence electrons. The summed E-state index contributed by atoms with van der Waals surface area (Å²) < 4.78 is 64.7. The number of hydrogen-bond donors (Lipinski definition) is 1. The molecule has 1 N–H and O–H groups in total. The topological polar surface area (TPSA) is 99.0 Å². The van der Waals surface area contributed by atoms with Gasteiger partial charge in [-0.25, -0.2) is 27.2 Å². The quantitative estimate of drug-likeness (QED) is 0.576. The van der Waals surface area contributed by atoms with Gasteiger partial charge >= 0.3 is 0 Å². The minimum atomic E-state index is -4.41. The zero-order valence-corrected chi connectivity index (χ0v) is 19.3. The molecule has 2 heterocycles. The third-order valence-corrected chi connectivity index (χ3v) is 7.31. The van der Waals surface area contributed by atoms with Crippen LogP contribution in [0.3, 0.4) is 0 Å². The number of nitrogens with zero attached hydrogens (tertiary/aromatic N) is 4. The van der Waals surface area contributed by atoms with Crippen LogP contribution in [0.2, 0.25) is 0 Å². The molecule has 1 aromatic carbocycles.